The summed E-state index contributed by atoms with van der Waals surface area (Å²) in [4.78, 5) is 2.34. The van der Waals surface area contributed by atoms with Gasteiger partial charge in [-0.1, -0.05) is 0 Å². The van der Waals surface area contributed by atoms with Crippen molar-refractivity contribution in [3.63, 3.8) is 0 Å². The Balaban J connectivity index is 1.71. The Hall–Kier alpha value is -1.20. The van der Waals surface area contributed by atoms with Crippen molar-refractivity contribution in [2.24, 2.45) is 5.92 Å². The van der Waals surface area contributed by atoms with Crippen LogP contribution in [0.1, 0.15) is 24.8 Å². The Kier molecular flexibility index (Phi) is 5.31. The Morgan fingerprint density at radius 1 is 1.25 bits per heavy atom. The van der Waals surface area contributed by atoms with Gasteiger partial charge < -0.3 is 15.3 Å². The monoisotopic (exact) mass is 284 g/mol. The van der Waals surface area contributed by atoms with Crippen molar-refractivity contribution in [3.05, 3.63) is 29.3 Å². The molecule has 20 heavy (non-hydrogen) atoms. The molecule has 0 atom stereocenters. The van der Waals surface area contributed by atoms with Crippen LogP contribution in [0.3, 0.4) is 0 Å². The van der Waals surface area contributed by atoms with Crippen molar-refractivity contribution < 1.29 is 13.9 Å². The lowest BCUT2D eigenvalue weighted by Gasteiger charge is -2.28. The highest BCUT2D eigenvalue weighted by Gasteiger charge is 2.16. The van der Waals surface area contributed by atoms with Gasteiger partial charge in [-0.25, -0.2) is 8.78 Å². The summed E-state index contributed by atoms with van der Waals surface area (Å²) in [5, 5.41) is 12.2. The van der Waals surface area contributed by atoms with Crippen LogP contribution in [0.25, 0.3) is 0 Å². The lowest BCUT2D eigenvalue weighted by atomic mass is 9.94. The number of halogens is 2. The first-order valence-electron chi connectivity index (χ1n) is 7.12. The van der Waals surface area contributed by atoms with Gasteiger partial charge in [0.2, 0.25) is 0 Å². The van der Waals surface area contributed by atoms with Crippen LogP contribution in [-0.4, -0.2) is 36.7 Å². The van der Waals surface area contributed by atoms with Crippen molar-refractivity contribution >= 4 is 0 Å². The highest BCUT2D eigenvalue weighted by Crippen LogP contribution is 2.21. The lowest BCUT2D eigenvalue weighted by Crippen LogP contribution is -2.31. The van der Waals surface area contributed by atoms with E-state index in [1.165, 1.54) is 25.0 Å². The summed E-state index contributed by atoms with van der Waals surface area (Å²) in [6.45, 7) is 3.57. The van der Waals surface area contributed by atoms with E-state index < -0.39 is 17.4 Å². The molecule has 3 nitrogen and oxygen atoms in total. The molecule has 0 bridgehead atoms. The molecule has 0 aromatic heterocycles. The zero-order chi connectivity index (χ0) is 14.5. The summed E-state index contributed by atoms with van der Waals surface area (Å²) in [5.41, 5.74) is 0.515. The van der Waals surface area contributed by atoms with E-state index in [-0.39, 0.29) is 0 Å². The Morgan fingerprint density at radius 3 is 2.45 bits per heavy atom. The predicted molar refractivity (Wildman–Crippen MR) is 74.6 cm³/mol. The van der Waals surface area contributed by atoms with E-state index >= 15 is 0 Å². The van der Waals surface area contributed by atoms with E-state index in [2.05, 4.69) is 17.3 Å². The minimum atomic E-state index is -0.905. The van der Waals surface area contributed by atoms with Gasteiger partial charge in [-0.15, -0.1) is 0 Å². The molecule has 0 radical (unpaired) electrons. The summed E-state index contributed by atoms with van der Waals surface area (Å²) in [6, 6.07) is 2.34. The SMILES string of the molecule is CN1CCC(CCNCc2cc(F)c(O)c(F)c2)CC1. The Labute approximate surface area is 118 Å². The van der Waals surface area contributed by atoms with Crippen LogP contribution >= 0.6 is 0 Å². The van der Waals surface area contributed by atoms with Gasteiger partial charge in [0.05, 0.1) is 0 Å². The number of nitrogens with zero attached hydrogens (tertiary/aromatic N) is 1. The van der Waals surface area contributed by atoms with Crippen molar-refractivity contribution in [3.8, 4) is 5.75 Å². The smallest absolute Gasteiger partial charge is 0.187 e. The fraction of sp³-hybridized carbons (Fsp3) is 0.600. The van der Waals surface area contributed by atoms with E-state index in [0.29, 0.717) is 12.1 Å². The third kappa shape index (κ3) is 4.15. The second-order valence-corrected chi connectivity index (χ2v) is 5.62. The third-order valence-electron chi connectivity index (χ3n) is 3.97. The van der Waals surface area contributed by atoms with Crippen LogP contribution in [0.5, 0.6) is 5.75 Å². The second-order valence-electron chi connectivity index (χ2n) is 5.62. The number of hydrogen-bond donors (Lipinski definition) is 2. The molecular formula is C15H22F2N2O. The minimum absolute atomic E-state index is 0.417. The maximum atomic E-state index is 13.2. The summed E-state index contributed by atoms with van der Waals surface area (Å²) in [7, 11) is 2.14. The molecular weight excluding hydrogens is 262 g/mol. The molecule has 0 amide bonds. The molecule has 5 heteroatoms. The highest BCUT2D eigenvalue weighted by atomic mass is 19.1. The molecule has 1 aromatic carbocycles. The van der Waals surface area contributed by atoms with Crippen molar-refractivity contribution in [1.29, 1.82) is 0 Å². The first kappa shape index (κ1) is 15.2. The van der Waals surface area contributed by atoms with E-state index in [1.54, 1.807) is 0 Å². The average molecular weight is 284 g/mol. The van der Waals surface area contributed by atoms with Crippen molar-refractivity contribution in [1.82, 2.24) is 10.2 Å². The zero-order valence-corrected chi connectivity index (χ0v) is 11.8. The van der Waals surface area contributed by atoms with E-state index in [0.717, 1.165) is 32.0 Å². The molecule has 1 aromatic rings. The third-order valence-corrected chi connectivity index (χ3v) is 3.97. The standard InChI is InChI=1S/C15H22F2N2O/c1-19-6-3-11(4-7-19)2-5-18-10-12-8-13(16)15(20)14(17)9-12/h8-9,11,18,20H,2-7,10H2,1H3. The Bertz CT molecular complexity index is 422. The van der Waals surface area contributed by atoms with Gasteiger partial charge in [-0.2, -0.15) is 0 Å². The van der Waals surface area contributed by atoms with Gasteiger partial charge in [0, 0.05) is 6.54 Å². The second kappa shape index (κ2) is 6.99. The van der Waals surface area contributed by atoms with Crippen LogP contribution in [-0.2, 0) is 6.54 Å². The van der Waals surface area contributed by atoms with Crippen LogP contribution < -0.4 is 5.32 Å². The van der Waals surface area contributed by atoms with E-state index in [4.69, 9.17) is 5.11 Å². The normalized spacial score (nSPS) is 17.6. The predicted octanol–water partition coefficient (Wildman–Crippen LogP) is 2.49. The van der Waals surface area contributed by atoms with Gasteiger partial charge in [0.1, 0.15) is 0 Å². The average Bonchev–Trinajstić information content (AvgIpc) is 2.43. The van der Waals surface area contributed by atoms with E-state index in [9.17, 15) is 8.78 Å². The van der Waals surface area contributed by atoms with Gasteiger partial charge >= 0.3 is 0 Å². The summed E-state index contributed by atoms with van der Waals surface area (Å²) in [6.07, 6.45) is 3.54. The van der Waals surface area contributed by atoms with Crippen molar-refractivity contribution in [2.75, 3.05) is 26.7 Å². The number of aromatic hydroxyl groups is 1. The largest absolute Gasteiger partial charge is 0.503 e. The number of nitrogens with one attached hydrogen (secondary N) is 1. The molecule has 1 saturated heterocycles. The highest BCUT2D eigenvalue weighted by molar-refractivity contribution is 5.29. The summed E-state index contributed by atoms with van der Waals surface area (Å²) >= 11 is 0. The number of piperidine rings is 1. The molecule has 1 aliphatic heterocycles. The molecule has 1 heterocycles. The van der Waals surface area contributed by atoms with Gasteiger partial charge in [-0.05, 0) is 69.6 Å². The number of phenolic OH excluding ortho intramolecular Hbond substituents is 1. The van der Waals surface area contributed by atoms with Gasteiger partial charge in [-0.3, -0.25) is 0 Å². The first-order chi connectivity index (χ1) is 9.56. The first-order valence-corrected chi connectivity index (χ1v) is 7.12. The zero-order valence-electron chi connectivity index (χ0n) is 11.8. The van der Waals surface area contributed by atoms with Crippen LogP contribution in [0.15, 0.2) is 12.1 Å². The molecule has 0 saturated carbocycles. The number of hydrogen-bond acceptors (Lipinski definition) is 3. The van der Waals surface area contributed by atoms with Crippen LogP contribution in [0.2, 0.25) is 0 Å². The number of likely N-dealkylation sites (tertiary alicyclic amines) is 1. The molecule has 1 fully saturated rings. The maximum absolute atomic E-state index is 13.2. The van der Waals surface area contributed by atoms with E-state index in [1.807, 2.05) is 0 Å². The molecule has 2 N–H and O–H groups in total. The van der Waals surface area contributed by atoms with Crippen LogP contribution in [0.4, 0.5) is 8.78 Å². The Morgan fingerprint density at radius 2 is 1.85 bits per heavy atom. The quantitative estimate of drug-likeness (QED) is 0.816. The molecule has 0 spiro atoms. The fourth-order valence-corrected chi connectivity index (χ4v) is 2.61. The van der Waals surface area contributed by atoms with Gasteiger partial charge in [0.15, 0.2) is 17.4 Å². The topological polar surface area (TPSA) is 35.5 Å². The minimum Gasteiger partial charge on any atom is -0.503 e. The molecule has 2 rings (SSSR count). The lowest BCUT2D eigenvalue weighted by molar-refractivity contribution is 0.211. The molecule has 112 valence electrons. The number of benzene rings is 1. The fourth-order valence-electron chi connectivity index (χ4n) is 2.61. The maximum Gasteiger partial charge on any atom is 0.187 e. The summed E-state index contributed by atoms with van der Waals surface area (Å²) < 4.78 is 26.3. The molecule has 0 unspecified atom stereocenters. The van der Waals surface area contributed by atoms with Crippen LogP contribution in [0, 0.1) is 17.6 Å². The summed E-state index contributed by atoms with van der Waals surface area (Å²) in [5.74, 6) is -1.97. The number of rotatable bonds is 5. The molecule has 0 aliphatic carbocycles. The number of phenols is 1. The molecule has 1 aliphatic rings. The van der Waals surface area contributed by atoms with Crippen molar-refractivity contribution in [2.45, 2.75) is 25.8 Å². The van der Waals surface area contributed by atoms with Gasteiger partial charge in [0.25, 0.3) is 0 Å².